The highest BCUT2D eigenvalue weighted by atomic mass is 16.2. The second-order valence-electron chi connectivity index (χ2n) is 6.14. The zero-order valence-electron chi connectivity index (χ0n) is 14.7. The minimum Gasteiger partial charge on any atom is -0.352 e. The van der Waals surface area contributed by atoms with Crippen LogP contribution in [0.15, 0.2) is 61.1 Å². The van der Waals surface area contributed by atoms with Crippen molar-refractivity contribution in [3.63, 3.8) is 0 Å². The van der Waals surface area contributed by atoms with Crippen molar-refractivity contribution >= 4 is 23.2 Å². The fourth-order valence-electron chi connectivity index (χ4n) is 2.94. The van der Waals surface area contributed by atoms with Gasteiger partial charge in [0.2, 0.25) is 0 Å². The Morgan fingerprint density at radius 1 is 0.926 bits per heavy atom. The van der Waals surface area contributed by atoms with Crippen LogP contribution in [-0.2, 0) is 0 Å². The van der Waals surface area contributed by atoms with E-state index in [1.807, 2.05) is 35.2 Å². The second kappa shape index (κ2) is 7.77. The van der Waals surface area contributed by atoms with E-state index in [0.29, 0.717) is 37.7 Å². The van der Waals surface area contributed by atoms with Gasteiger partial charge in [0.05, 0.1) is 11.9 Å². The number of hydrogen-bond donors (Lipinski definition) is 1. The summed E-state index contributed by atoms with van der Waals surface area (Å²) in [6, 6.07) is 13.0. The van der Waals surface area contributed by atoms with Crippen molar-refractivity contribution in [1.29, 1.82) is 0 Å². The predicted molar refractivity (Wildman–Crippen MR) is 102 cm³/mol. The van der Waals surface area contributed by atoms with Gasteiger partial charge in [0, 0.05) is 38.6 Å². The van der Waals surface area contributed by atoms with Crippen LogP contribution in [0.3, 0.4) is 0 Å². The van der Waals surface area contributed by atoms with Gasteiger partial charge in [-0.1, -0.05) is 6.07 Å². The normalized spacial score (nSPS) is 14.1. The monoisotopic (exact) mass is 361 g/mol. The standard InChI is InChI=1S/C19H19N7O/c27-19(16-5-1-2-9-21-16)26-12-10-25(11-13-26)18-7-6-17(23-24-18)22-15-4-3-8-20-14-15/h1-9,14H,10-13H2,(H,22,23). The molecule has 3 aromatic rings. The van der Waals surface area contributed by atoms with E-state index in [9.17, 15) is 4.79 Å². The maximum Gasteiger partial charge on any atom is 0.272 e. The number of rotatable bonds is 4. The second-order valence-corrected chi connectivity index (χ2v) is 6.14. The predicted octanol–water partition coefficient (Wildman–Crippen LogP) is 1.97. The maximum absolute atomic E-state index is 12.5. The Morgan fingerprint density at radius 3 is 2.48 bits per heavy atom. The summed E-state index contributed by atoms with van der Waals surface area (Å²) in [6.07, 6.45) is 5.09. The summed E-state index contributed by atoms with van der Waals surface area (Å²) in [5, 5.41) is 11.7. The van der Waals surface area contributed by atoms with Crippen LogP contribution in [0.2, 0.25) is 0 Å². The first-order valence-corrected chi connectivity index (χ1v) is 8.76. The van der Waals surface area contributed by atoms with Crippen LogP contribution in [0.1, 0.15) is 10.5 Å². The van der Waals surface area contributed by atoms with Crippen LogP contribution in [0.5, 0.6) is 0 Å². The summed E-state index contributed by atoms with van der Waals surface area (Å²) in [7, 11) is 0. The number of pyridine rings is 2. The molecule has 27 heavy (non-hydrogen) atoms. The molecular weight excluding hydrogens is 342 g/mol. The third kappa shape index (κ3) is 4.00. The molecule has 0 bridgehead atoms. The number of hydrogen-bond acceptors (Lipinski definition) is 7. The lowest BCUT2D eigenvalue weighted by Crippen LogP contribution is -2.49. The highest BCUT2D eigenvalue weighted by Gasteiger charge is 2.23. The largest absolute Gasteiger partial charge is 0.352 e. The maximum atomic E-state index is 12.5. The molecule has 0 aromatic carbocycles. The SMILES string of the molecule is O=C(c1ccccn1)N1CCN(c2ccc(Nc3cccnc3)nn2)CC1. The molecule has 8 heteroatoms. The molecule has 136 valence electrons. The quantitative estimate of drug-likeness (QED) is 0.760. The minimum absolute atomic E-state index is 0.0302. The molecule has 0 radical (unpaired) electrons. The smallest absolute Gasteiger partial charge is 0.272 e. The van der Waals surface area contributed by atoms with Gasteiger partial charge in [-0.15, -0.1) is 10.2 Å². The van der Waals surface area contributed by atoms with E-state index >= 15 is 0 Å². The Balaban J connectivity index is 1.35. The van der Waals surface area contributed by atoms with Crippen LogP contribution >= 0.6 is 0 Å². The zero-order valence-corrected chi connectivity index (χ0v) is 14.7. The molecule has 0 spiro atoms. The van der Waals surface area contributed by atoms with Gasteiger partial charge in [-0.05, 0) is 36.4 Å². The number of anilines is 3. The number of carbonyl (C=O) groups excluding carboxylic acids is 1. The lowest BCUT2D eigenvalue weighted by atomic mass is 10.2. The summed E-state index contributed by atoms with van der Waals surface area (Å²) >= 11 is 0. The molecule has 0 unspecified atom stereocenters. The van der Waals surface area contributed by atoms with Gasteiger partial charge in [0.25, 0.3) is 5.91 Å². The number of nitrogens with one attached hydrogen (secondary N) is 1. The van der Waals surface area contributed by atoms with E-state index in [-0.39, 0.29) is 5.91 Å². The van der Waals surface area contributed by atoms with Crippen LogP contribution < -0.4 is 10.2 Å². The number of carbonyl (C=O) groups is 1. The molecule has 1 aliphatic rings. The fourth-order valence-corrected chi connectivity index (χ4v) is 2.94. The molecule has 8 nitrogen and oxygen atoms in total. The molecule has 3 aromatic heterocycles. The number of nitrogens with zero attached hydrogens (tertiary/aromatic N) is 6. The third-order valence-corrected chi connectivity index (χ3v) is 4.36. The molecular formula is C19H19N7O. The Hall–Kier alpha value is -3.55. The summed E-state index contributed by atoms with van der Waals surface area (Å²) < 4.78 is 0. The first-order valence-electron chi connectivity index (χ1n) is 8.76. The Kier molecular flexibility index (Phi) is 4.86. The van der Waals surface area contributed by atoms with E-state index in [1.54, 1.807) is 30.7 Å². The van der Waals surface area contributed by atoms with E-state index in [0.717, 1.165) is 11.5 Å². The average molecular weight is 361 g/mol. The summed E-state index contributed by atoms with van der Waals surface area (Å²) in [5.41, 5.74) is 1.35. The van der Waals surface area contributed by atoms with Crippen molar-refractivity contribution in [2.45, 2.75) is 0 Å². The molecule has 1 saturated heterocycles. The zero-order chi connectivity index (χ0) is 18.5. The molecule has 1 fully saturated rings. The van der Waals surface area contributed by atoms with Crippen molar-refractivity contribution in [1.82, 2.24) is 25.1 Å². The topological polar surface area (TPSA) is 87.1 Å². The van der Waals surface area contributed by atoms with Gasteiger partial charge >= 0.3 is 0 Å². The Labute approximate surface area is 156 Å². The molecule has 4 heterocycles. The van der Waals surface area contributed by atoms with E-state index < -0.39 is 0 Å². The lowest BCUT2D eigenvalue weighted by Gasteiger charge is -2.35. The van der Waals surface area contributed by atoms with Crippen LogP contribution in [0.4, 0.5) is 17.3 Å². The third-order valence-electron chi connectivity index (χ3n) is 4.36. The van der Waals surface area contributed by atoms with Gasteiger partial charge in [-0.2, -0.15) is 0 Å². The van der Waals surface area contributed by atoms with Gasteiger partial charge in [0.15, 0.2) is 11.6 Å². The van der Waals surface area contributed by atoms with E-state index in [4.69, 9.17) is 0 Å². The highest BCUT2D eigenvalue weighted by molar-refractivity contribution is 5.92. The summed E-state index contributed by atoms with van der Waals surface area (Å²) in [4.78, 5) is 24.6. The van der Waals surface area contributed by atoms with Gasteiger partial charge < -0.3 is 15.1 Å². The number of aromatic nitrogens is 4. The highest BCUT2D eigenvalue weighted by Crippen LogP contribution is 2.17. The molecule has 1 amide bonds. The van der Waals surface area contributed by atoms with Crippen molar-refractivity contribution in [3.8, 4) is 0 Å². The first-order chi connectivity index (χ1) is 13.3. The van der Waals surface area contributed by atoms with E-state index in [2.05, 4.69) is 30.4 Å². The molecule has 0 saturated carbocycles. The Morgan fingerprint density at radius 2 is 1.81 bits per heavy atom. The van der Waals surface area contributed by atoms with Gasteiger partial charge in [0.1, 0.15) is 5.69 Å². The molecule has 0 atom stereocenters. The van der Waals surface area contributed by atoms with Crippen LogP contribution in [-0.4, -0.2) is 57.2 Å². The summed E-state index contributed by atoms with van der Waals surface area (Å²) in [5.74, 6) is 1.43. The summed E-state index contributed by atoms with van der Waals surface area (Å²) in [6.45, 7) is 2.69. The molecule has 0 aliphatic carbocycles. The molecule has 4 rings (SSSR count). The molecule has 1 aliphatic heterocycles. The van der Waals surface area contributed by atoms with Crippen LogP contribution in [0, 0.1) is 0 Å². The van der Waals surface area contributed by atoms with Gasteiger partial charge in [-0.3, -0.25) is 14.8 Å². The first kappa shape index (κ1) is 16.9. The lowest BCUT2D eigenvalue weighted by molar-refractivity contribution is 0.0740. The van der Waals surface area contributed by atoms with Crippen molar-refractivity contribution in [2.75, 3.05) is 36.4 Å². The minimum atomic E-state index is -0.0302. The number of piperazine rings is 1. The van der Waals surface area contributed by atoms with Crippen molar-refractivity contribution < 1.29 is 4.79 Å². The van der Waals surface area contributed by atoms with Crippen molar-refractivity contribution in [2.24, 2.45) is 0 Å². The van der Waals surface area contributed by atoms with Crippen molar-refractivity contribution in [3.05, 3.63) is 66.7 Å². The average Bonchev–Trinajstić information content (AvgIpc) is 2.75. The Bertz CT molecular complexity index is 879. The van der Waals surface area contributed by atoms with Crippen LogP contribution in [0.25, 0.3) is 0 Å². The van der Waals surface area contributed by atoms with Gasteiger partial charge in [-0.25, -0.2) is 0 Å². The number of amides is 1. The van der Waals surface area contributed by atoms with E-state index in [1.165, 1.54) is 0 Å². The fraction of sp³-hybridized carbons (Fsp3) is 0.211. The molecule has 1 N–H and O–H groups in total.